The topological polar surface area (TPSA) is 20.2 Å². The number of hydrogen-bond donors (Lipinski definition) is 2. The average molecular weight is 208 g/mol. The van der Waals surface area contributed by atoms with Crippen LogP contribution in [0.4, 0.5) is 0 Å². The molecule has 0 aliphatic heterocycles. The molecule has 1 aromatic carbocycles. The van der Waals surface area contributed by atoms with Gasteiger partial charge in [-0.15, -0.1) is 0 Å². The van der Waals surface area contributed by atoms with Gasteiger partial charge in [-0.1, -0.05) is 36.4 Å². The number of benzene rings is 1. The first-order valence-corrected chi connectivity index (χ1v) is 5.48. The molecule has 1 nitrogen and oxygen atoms in total. The molecule has 0 amide bonds. The second-order valence-electron chi connectivity index (χ2n) is 3.11. The van der Waals surface area contributed by atoms with E-state index in [1.54, 1.807) is 0 Å². The third-order valence-corrected chi connectivity index (χ3v) is 2.27. The van der Waals surface area contributed by atoms with Crippen LogP contribution in [-0.4, -0.2) is 17.5 Å². The standard InChI is InChI=1S/C12H16OS/c13-9-3-7-11-5-1-2-6-12(11)8-4-10-14/h1-2,4-6,8,13-14H,3,7,9-10H2. The Kier molecular flexibility index (Phi) is 5.42. The Morgan fingerprint density at radius 2 is 2.07 bits per heavy atom. The van der Waals surface area contributed by atoms with Crippen LogP contribution in [0.3, 0.4) is 0 Å². The van der Waals surface area contributed by atoms with E-state index in [-0.39, 0.29) is 6.61 Å². The lowest BCUT2D eigenvalue weighted by Gasteiger charge is -2.04. The van der Waals surface area contributed by atoms with E-state index in [4.69, 9.17) is 5.11 Å². The first-order chi connectivity index (χ1) is 6.88. The Morgan fingerprint density at radius 3 is 2.79 bits per heavy atom. The molecule has 0 saturated carbocycles. The van der Waals surface area contributed by atoms with Crippen LogP contribution >= 0.6 is 12.6 Å². The maximum absolute atomic E-state index is 8.76. The van der Waals surface area contributed by atoms with Crippen molar-refractivity contribution >= 4 is 18.7 Å². The molecular weight excluding hydrogens is 192 g/mol. The summed E-state index contributed by atoms with van der Waals surface area (Å²) in [6.45, 7) is 0.255. The van der Waals surface area contributed by atoms with Gasteiger partial charge in [0.1, 0.15) is 0 Å². The highest BCUT2D eigenvalue weighted by Gasteiger charge is 1.97. The van der Waals surface area contributed by atoms with Crippen molar-refractivity contribution in [3.63, 3.8) is 0 Å². The van der Waals surface area contributed by atoms with E-state index in [0.29, 0.717) is 0 Å². The molecule has 1 N–H and O–H groups in total. The SMILES string of the molecule is OCCCc1ccccc1C=CCS. The second kappa shape index (κ2) is 6.68. The van der Waals surface area contributed by atoms with Gasteiger partial charge in [0.2, 0.25) is 0 Å². The molecule has 0 fully saturated rings. The van der Waals surface area contributed by atoms with Crippen LogP contribution in [0.2, 0.25) is 0 Å². The van der Waals surface area contributed by atoms with Gasteiger partial charge in [-0.05, 0) is 24.0 Å². The Morgan fingerprint density at radius 1 is 1.29 bits per heavy atom. The van der Waals surface area contributed by atoms with Crippen molar-refractivity contribution in [1.82, 2.24) is 0 Å². The number of thiol groups is 1. The number of aliphatic hydroxyl groups is 1. The summed E-state index contributed by atoms with van der Waals surface area (Å²) in [6, 6.07) is 8.26. The Hall–Kier alpha value is -0.730. The van der Waals surface area contributed by atoms with Gasteiger partial charge in [-0.25, -0.2) is 0 Å². The van der Waals surface area contributed by atoms with Crippen LogP contribution in [0.15, 0.2) is 30.3 Å². The van der Waals surface area contributed by atoms with Crippen molar-refractivity contribution in [3.05, 3.63) is 41.5 Å². The van der Waals surface area contributed by atoms with E-state index in [9.17, 15) is 0 Å². The monoisotopic (exact) mass is 208 g/mol. The summed E-state index contributed by atoms with van der Waals surface area (Å²) in [7, 11) is 0. The fourth-order valence-electron chi connectivity index (χ4n) is 1.37. The molecule has 0 atom stereocenters. The number of aryl methyl sites for hydroxylation is 1. The minimum absolute atomic E-state index is 0.255. The van der Waals surface area contributed by atoms with Crippen LogP contribution in [0.5, 0.6) is 0 Å². The lowest BCUT2D eigenvalue weighted by molar-refractivity contribution is 0.288. The Balaban J connectivity index is 2.74. The second-order valence-corrected chi connectivity index (χ2v) is 3.48. The summed E-state index contributed by atoms with van der Waals surface area (Å²) < 4.78 is 0. The molecule has 76 valence electrons. The third kappa shape index (κ3) is 3.56. The van der Waals surface area contributed by atoms with Gasteiger partial charge >= 0.3 is 0 Å². The molecule has 0 heterocycles. The zero-order chi connectivity index (χ0) is 10.2. The van der Waals surface area contributed by atoms with E-state index in [1.807, 2.05) is 18.2 Å². The molecule has 0 bridgehead atoms. The third-order valence-electron chi connectivity index (χ3n) is 2.06. The van der Waals surface area contributed by atoms with E-state index in [0.717, 1.165) is 18.6 Å². The predicted octanol–water partition coefficient (Wildman–Crippen LogP) is 2.55. The van der Waals surface area contributed by atoms with E-state index in [2.05, 4.69) is 30.8 Å². The highest BCUT2D eigenvalue weighted by molar-refractivity contribution is 7.80. The van der Waals surface area contributed by atoms with Gasteiger partial charge in [-0.3, -0.25) is 0 Å². The van der Waals surface area contributed by atoms with Crippen molar-refractivity contribution < 1.29 is 5.11 Å². The minimum atomic E-state index is 0.255. The predicted molar refractivity (Wildman–Crippen MR) is 64.7 cm³/mol. The zero-order valence-corrected chi connectivity index (χ0v) is 9.08. The quantitative estimate of drug-likeness (QED) is 0.713. The maximum Gasteiger partial charge on any atom is 0.0434 e. The minimum Gasteiger partial charge on any atom is -0.396 e. The lowest BCUT2D eigenvalue weighted by Crippen LogP contribution is -1.92. The van der Waals surface area contributed by atoms with E-state index < -0.39 is 0 Å². The number of hydrogen-bond acceptors (Lipinski definition) is 2. The van der Waals surface area contributed by atoms with Gasteiger partial charge < -0.3 is 5.11 Å². The average Bonchev–Trinajstić information content (AvgIpc) is 2.24. The number of aliphatic hydroxyl groups excluding tert-OH is 1. The van der Waals surface area contributed by atoms with Crippen molar-refractivity contribution in [1.29, 1.82) is 0 Å². The molecular formula is C12H16OS. The molecule has 0 aliphatic carbocycles. The van der Waals surface area contributed by atoms with Gasteiger partial charge in [0.15, 0.2) is 0 Å². The summed E-state index contributed by atoms with van der Waals surface area (Å²) in [6.07, 6.45) is 5.87. The largest absolute Gasteiger partial charge is 0.396 e. The normalized spacial score (nSPS) is 11.0. The van der Waals surface area contributed by atoms with Gasteiger partial charge in [0.05, 0.1) is 0 Å². The smallest absolute Gasteiger partial charge is 0.0434 e. The lowest BCUT2D eigenvalue weighted by atomic mass is 10.0. The molecule has 1 rings (SSSR count). The van der Waals surface area contributed by atoms with Crippen molar-refractivity contribution in [2.24, 2.45) is 0 Å². The van der Waals surface area contributed by atoms with Crippen molar-refractivity contribution in [2.75, 3.05) is 12.4 Å². The van der Waals surface area contributed by atoms with Crippen LogP contribution in [0.1, 0.15) is 17.5 Å². The molecule has 14 heavy (non-hydrogen) atoms. The summed E-state index contributed by atoms with van der Waals surface area (Å²) in [5, 5.41) is 8.76. The molecule has 2 heteroatoms. The molecule has 0 unspecified atom stereocenters. The van der Waals surface area contributed by atoms with Crippen LogP contribution in [-0.2, 0) is 6.42 Å². The zero-order valence-electron chi connectivity index (χ0n) is 8.19. The molecule has 1 aromatic rings. The van der Waals surface area contributed by atoms with Crippen molar-refractivity contribution in [2.45, 2.75) is 12.8 Å². The highest BCUT2D eigenvalue weighted by Crippen LogP contribution is 2.12. The molecule has 0 saturated heterocycles. The number of rotatable bonds is 5. The van der Waals surface area contributed by atoms with E-state index in [1.165, 1.54) is 11.1 Å². The van der Waals surface area contributed by atoms with Crippen molar-refractivity contribution in [3.8, 4) is 0 Å². The molecule has 0 spiro atoms. The highest BCUT2D eigenvalue weighted by atomic mass is 32.1. The summed E-state index contributed by atoms with van der Waals surface area (Å²) in [5.74, 6) is 0.758. The van der Waals surface area contributed by atoms with Gasteiger partial charge in [0.25, 0.3) is 0 Å². The van der Waals surface area contributed by atoms with Gasteiger partial charge in [0, 0.05) is 12.4 Å². The molecule has 0 aromatic heterocycles. The molecule has 0 radical (unpaired) electrons. The Labute approximate surface area is 90.9 Å². The van der Waals surface area contributed by atoms with Crippen LogP contribution in [0, 0.1) is 0 Å². The fourth-order valence-corrected chi connectivity index (χ4v) is 1.48. The Bertz CT molecular complexity index is 294. The van der Waals surface area contributed by atoms with Gasteiger partial charge in [-0.2, -0.15) is 12.6 Å². The van der Waals surface area contributed by atoms with Crippen LogP contribution < -0.4 is 0 Å². The molecule has 0 aliphatic rings. The first kappa shape index (κ1) is 11.3. The summed E-state index contributed by atoms with van der Waals surface area (Å²) in [5.41, 5.74) is 2.52. The maximum atomic E-state index is 8.76. The first-order valence-electron chi connectivity index (χ1n) is 4.84. The fraction of sp³-hybridized carbons (Fsp3) is 0.333. The van der Waals surface area contributed by atoms with E-state index >= 15 is 0 Å². The summed E-state index contributed by atoms with van der Waals surface area (Å²) >= 11 is 4.13. The summed E-state index contributed by atoms with van der Waals surface area (Å²) in [4.78, 5) is 0. The van der Waals surface area contributed by atoms with Crippen LogP contribution in [0.25, 0.3) is 6.08 Å².